The minimum atomic E-state index is 0.648. The summed E-state index contributed by atoms with van der Waals surface area (Å²) in [7, 11) is 0. The monoisotopic (exact) mass is 379 g/mol. The first kappa shape index (κ1) is 12.1. The number of nitrogens with one attached hydrogen (secondary N) is 1. The summed E-state index contributed by atoms with van der Waals surface area (Å²) in [5.74, 6) is 5.79. The fraction of sp³-hybridized carbons (Fsp3) is 0.200. The van der Waals surface area contributed by atoms with E-state index in [1.165, 1.54) is 0 Å². The molecule has 1 rings (SSSR count). The lowest BCUT2D eigenvalue weighted by molar-refractivity contribution is 1.35. The van der Waals surface area contributed by atoms with E-state index in [0.717, 1.165) is 19.1 Å². The van der Waals surface area contributed by atoms with Crippen molar-refractivity contribution in [2.24, 2.45) is 0 Å². The van der Waals surface area contributed by atoms with Crippen molar-refractivity contribution >= 4 is 53.5 Å². The van der Waals surface area contributed by atoms with Crippen LogP contribution in [0.1, 0.15) is 6.92 Å². The van der Waals surface area contributed by atoms with Gasteiger partial charge in [0.05, 0.1) is 12.2 Å². The maximum Gasteiger partial charge on any atom is 0.0766 e. The molecule has 4 heteroatoms. The predicted octanol–water partition coefficient (Wildman–Crippen LogP) is 4.41. The summed E-state index contributed by atoms with van der Waals surface area (Å²) in [6.07, 6.45) is 0. The molecule has 0 atom stereocenters. The highest BCUT2D eigenvalue weighted by Crippen LogP contribution is 2.34. The first-order valence-electron chi connectivity index (χ1n) is 3.93. The Balaban J connectivity index is 2.89. The summed E-state index contributed by atoms with van der Waals surface area (Å²) < 4.78 is 3.05. The van der Waals surface area contributed by atoms with Crippen LogP contribution in [-0.4, -0.2) is 6.54 Å². The number of hydrogen-bond donors (Lipinski definition) is 1. The predicted molar refractivity (Wildman–Crippen MR) is 71.5 cm³/mol. The number of rotatable bonds is 2. The van der Waals surface area contributed by atoms with Crippen molar-refractivity contribution in [2.45, 2.75) is 6.92 Å². The molecular weight excluding hydrogens is 374 g/mol. The average molecular weight is 382 g/mol. The molecule has 0 saturated carbocycles. The van der Waals surface area contributed by atoms with Crippen LogP contribution < -0.4 is 5.32 Å². The molecule has 0 spiro atoms. The zero-order chi connectivity index (χ0) is 10.6. The summed E-state index contributed by atoms with van der Waals surface area (Å²) in [5.41, 5.74) is 1.02. The van der Waals surface area contributed by atoms with Gasteiger partial charge in [-0.2, -0.15) is 0 Å². The van der Waals surface area contributed by atoms with Crippen LogP contribution in [0.4, 0.5) is 5.69 Å². The van der Waals surface area contributed by atoms with Crippen LogP contribution >= 0.6 is 47.8 Å². The minimum absolute atomic E-state index is 0.648. The van der Waals surface area contributed by atoms with Gasteiger partial charge in [0.1, 0.15) is 0 Å². The second-order valence-corrected chi connectivity index (χ2v) is 5.15. The van der Waals surface area contributed by atoms with E-state index in [0.29, 0.717) is 6.54 Å². The standard InChI is InChI=1S/C10H8Br3N/c1-2-3-4-14-10-8(12)5-7(11)6-9(10)13/h5-6,14H,4H2,1H3. The lowest BCUT2D eigenvalue weighted by Crippen LogP contribution is -2.00. The first-order valence-corrected chi connectivity index (χ1v) is 6.31. The molecule has 0 saturated heterocycles. The van der Waals surface area contributed by atoms with E-state index in [1.807, 2.05) is 19.1 Å². The van der Waals surface area contributed by atoms with Crippen molar-refractivity contribution in [1.82, 2.24) is 0 Å². The molecule has 0 aromatic heterocycles. The van der Waals surface area contributed by atoms with Crippen molar-refractivity contribution in [3.8, 4) is 11.8 Å². The smallest absolute Gasteiger partial charge is 0.0766 e. The van der Waals surface area contributed by atoms with Crippen LogP contribution in [0, 0.1) is 11.8 Å². The molecule has 1 aromatic carbocycles. The van der Waals surface area contributed by atoms with Gasteiger partial charge in [-0.1, -0.05) is 21.9 Å². The van der Waals surface area contributed by atoms with E-state index in [9.17, 15) is 0 Å². The highest BCUT2D eigenvalue weighted by molar-refractivity contribution is 9.11. The second-order valence-electron chi connectivity index (χ2n) is 2.52. The Labute approximate surface area is 109 Å². The highest BCUT2D eigenvalue weighted by Gasteiger charge is 2.04. The van der Waals surface area contributed by atoms with Gasteiger partial charge in [0, 0.05) is 13.4 Å². The molecule has 1 aromatic rings. The SMILES string of the molecule is CC#CCNc1c(Br)cc(Br)cc1Br. The van der Waals surface area contributed by atoms with Crippen LogP contribution in [0.5, 0.6) is 0 Å². The van der Waals surface area contributed by atoms with Crippen LogP contribution in [0.15, 0.2) is 25.6 Å². The number of anilines is 1. The fourth-order valence-corrected chi connectivity index (χ4v) is 3.47. The summed E-state index contributed by atoms with van der Waals surface area (Å²) in [6, 6.07) is 3.99. The Morgan fingerprint density at radius 2 is 1.79 bits per heavy atom. The first-order chi connectivity index (χ1) is 6.65. The van der Waals surface area contributed by atoms with Gasteiger partial charge in [0.25, 0.3) is 0 Å². The zero-order valence-corrected chi connectivity index (χ0v) is 12.3. The van der Waals surface area contributed by atoms with E-state index >= 15 is 0 Å². The van der Waals surface area contributed by atoms with Gasteiger partial charge < -0.3 is 5.32 Å². The number of hydrogen-bond acceptors (Lipinski definition) is 1. The van der Waals surface area contributed by atoms with Crippen LogP contribution in [-0.2, 0) is 0 Å². The van der Waals surface area contributed by atoms with Crippen molar-refractivity contribution < 1.29 is 0 Å². The number of benzene rings is 1. The average Bonchev–Trinajstić information content (AvgIpc) is 2.09. The molecular formula is C10H8Br3N. The lowest BCUT2D eigenvalue weighted by Gasteiger charge is -2.08. The molecule has 0 fully saturated rings. The second kappa shape index (κ2) is 5.79. The molecule has 0 bridgehead atoms. The summed E-state index contributed by atoms with van der Waals surface area (Å²) in [5, 5.41) is 3.22. The topological polar surface area (TPSA) is 12.0 Å². The van der Waals surface area contributed by atoms with E-state index in [4.69, 9.17) is 0 Å². The fourth-order valence-electron chi connectivity index (χ4n) is 0.932. The maximum absolute atomic E-state index is 3.48. The summed E-state index contributed by atoms with van der Waals surface area (Å²) in [4.78, 5) is 0. The van der Waals surface area contributed by atoms with Crippen molar-refractivity contribution in [1.29, 1.82) is 0 Å². The maximum atomic E-state index is 3.48. The largest absolute Gasteiger partial charge is 0.372 e. The molecule has 0 radical (unpaired) electrons. The number of halogens is 3. The van der Waals surface area contributed by atoms with Gasteiger partial charge >= 0.3 is 0 Å². The molecule has 0 unspecified atom stereocenters. The molecule has 1 nitrogen and oxygen atoms in total. The van der Waals surface area contributed by atoms with Crippen molar-refractivity contribution in [3.05, 3.63) is 25.6 Å². The molecule has 0 heterocycles. The quantitative estimate of drug-likeness (QED) is 0.748. The van der Waals surface area contributed by atoms with E-state index in [1.54, 1.807) is 0 Å². The third kappa shape index (κ3) is 3.30. The minimum Gasteiger partial charge on any atom is -0.372 e. The van der Waals surface area contributed by atoms with Crippen LogP contribution in [0.25, 0.3) is 0 Å². The highest BCUT2D eigenvalue weighted by atomic mass is 79.9. The Morgan fingerprint density at radius 1 is 1.21 bits per heavy atom. The molecule has 0 aliphatic heterocycles. The molecule has 1 N–H and O–H groups in total. The van der Waals surface area contributed by atoms with Gasteiger partial charge in [-0.25, -0.2) is 0 Å². The summed E-state index contributed by atoms with van der Waals surface area (Å²) in [6.45, 7) is 2.47. The van der Waals surface area contributed by atoms with Gasteiger partial charge in [0.2, 0.25) is 0 Å². The van der Waals surface area contributed by atoms with Gasteiger partial charge in [-0.3, -0.25) is 0 Å². The van der Waals surface area contributed by atoms with Gasteiger partial charge in [0.15, 0.2) is 0 Å². The normalized spacial score (nSPS) is 9.14. The Bertz CT molecular complexity index is 367. The van der Waals surface area contributed by atoms with Crippen LogP contribution in [0.3, 0.4) is 0 Å². The van der Waals surface area contributed by atoms with Gasteiger partial charge in [-0.15, -0.1) is 5.92 Å². The van der Waals surface area contributed by atoms with E-state index < -0.39 is 0 Å². The Kier molecular flexibility index (Phi) is 5.00. The third-order valence-corrected chi connectivity index (χ3v) is 3.25. The van der Waals surface area contributed by atoms with Crippen molar-refractivity contribution in [3.63, 3.8) is 0 Å². The van der Waals surface area contributed by atoms with E-state index in [-0.39, 0.29) is 0 Å². The molecule has 14 heavy (non-hydrogen) atoms. The molecule has 74 valence electrons. The third-order valence-electron chi connectivity index (χ3n) is 1.54. The molecule has 0 aliphatic carbocycles. The Morgan fingerprint density at radius 3 is 2.29 bits per heavy atom. The van der Waals surface area contributed by atoms with Crippen molar-refractivity contribution in [2.75, 3.05) is 11.9 Å². The van der Waals surface area contributed by atoms with Gasteiger partial charge in [-0.05, 0) is 50.9 Å². The lowest BCUT2D eigenvalue weighted by atomic mass is 10.3. The zero-order valence-electron chi connectivity index (χ0n) is 7.50. The van der Waals surface area contributed by atoms with Crippen LogP contribution in [0.2, 0.25) is 0 Å². The molecule has 0 amide bonds. The molecule has 0 aliphatic rings. The Hall–Kier alpha value is 0.0200. The summed E-state index contributed by atoms with van der Waals surface area (Å²) >= 11 is 10.4. The van der Waals surface area contributed by atoms with E-state index in [2.05, 4.69) is 64.9 Å².